The van der Waals surface area contributed by atoms with Crippen molar-refractivity contribution in [3.05, 3.63) is 130 Å². The van der Waals surface area contributed by atoms with Crippen LogP contribution in [-0.2, 0) is 16.1 Å². The van der Waals surface area contributed by atoms with Crippen LogP contribution < -0.4 is 19.6 Å². The molecule has 1 atom stereocenters. The van der Waals surface area contributed by atoms with Crippen LogP contribution in [0.1, 0.15) is 46.9 Å². The molecular weight excluding hydrogens is 608 g/mol. The van der Waals surface area contributed by atoms with Gasteiger partial charge in [0.25, 0.3) is 5.56 Å². The molecule has 4 aromatic rings. The number of hydrogen-bond acceptors (Lipinski definition) is 7. The number of carboxylic acid groups (broad SMARTS) is 1. The summed E-state index contributed by atoms with van der Waals surface area (Å²) < 4.78 is 14.0. The summed E-state index contributed by atoms with van der Waals surface area (Å²) in [5.41, 5.74) is 3.23. The lowest BCUT2D eigenvalue weighted by atomic mass is 9.96. The monoisotopic (exact) mass is 632 g/mol. The van der Waals surface area contributed by atoms with Crippen LogP contribution in [0.15, 0.2) is 98.3 Å². The number of carbonyl (C=O) groups is 2. The van der Waals surface area contributed by atoms with Crippen molar-refractivity contribution in [2.24, 2.45) is 4.99 Å². The SMILES string of the molecule is CCOC(=O)C1=C(C)N=c2s/c(=C/c3ccc(OCc4ccc(C(=O)O)cc4)c(Br)c3)c(=O)n2[C@H]1c1ccccc1. The number of esters is 1. The highest BCUT2D eigenvalue weighted by atomic mass is 79.9. The van der Waals surface area contributed by atoms with Crippen molar-refractivity contribution < 1.29 is 24.2 Å². The Morgan fingerprint density at radius 1 is 1.10 bits per heavy atom. The lowest BCUT2D eigenvalue weighted by Gasteiger charge is -2.24. The van der Waals surface area contributed by atoms with Gasteiger partial charge in [0.15, 0.2) is 4.80 Å². The number of thiazole rings is 1. The molecule has 8 nitrogen and oxygen atoms in total. The number of ether oxygens (including phenoxy) is 2. The van der Waals surface area contributed by atoms with Gasteiger partial charge in [0, 0.05) is 0 Å². The fraction of sp³-hybridized carbons (Fsp3) is 0.161. The summed E-state index contributed by atoms with van der Waals surface area (Å²) in [5, 5.41) is 9.06. The summed E-state index contributed by atoms with van der Waals surface area (Å²) in [4.78, 5) is 42.9. The second-order valence-electron chi connectivity index (χ2n) is 9.19. The van der Waals surface area contributed by atoms with E-state index in [-0.39, 0.29) is 24.3 Å². The van der Waals surface area contributed by atoms with Gasteiger partial charge in [-0.1, -0.05) is 59.9 Å². The molecule has 0 bridgehead atoms. The van der Waals surface area contributed by atoms with Crippen molar-refractivity contribution in [3.8, 4) is 5.75 Å². The second kappa shape index (κ2) is 12.1. The van der Waals surface area contributed by atoms with E-state index in [1.54, 1.807) is 42.7 Å². The number of aromatic carboxylic acids is 1. The average molecular weight is 634 g/mol. The van der Waals surface area contributed by atoms with Crippen LogP contribution in [-0.4, -0.2) is 28.2 Å². The second-order valence-corrected chi connectivity index (χ2v) is 11.1. The lowest BCUT2D eigenvalue weighted by molar-refractivity contribution is -0.139. The molecule has 0 fully saturated rings. The first-order valence-corrected chi connectivity index (χ1v) is 14.4. The number of benzene rings is 3. The zero-order chi connectivity index (χ0) is 29.1. The quantitative estimate of drug-likeness (QED) is 0.279. The van der Waals surface area contributed by atoms with Crippen molar-refractivity contribution >= 4 is 45.3 Å². The predicted octanol–water partition coefficient (Wildman–Crippen LogP) is 4.84. The van der Waals surface area contributed by atoms with Crippen LogP contribution >= 0.6 is 27.3 Å². The Bertz CT molecular complexity index is 1840. The van der Waals surface area contributed by atoms with Crippen molar-refractivity contribution in [1.29, 1.82) is 0 Å². The Hall–Kier alpha value is -4.28. The summed E-state index contributed by atoms with van der Waals surface area (Å²) in [6, 6.07) is 20.7. The summed E-state index contributed by atoms with van der Waals surface area (Å²) >= 11 is 4.81. The van der Waals surface area contributed by atoms with E-state index in [0.29, 0.717) is 30.8 Å². The first kappa shape index (κ1) is 28.3. The average Bonchev–Trinajstić information content (AvgIpc) is 3.26. The van der Waals surface area contributed by atoms with E-state index in [1.807, 2.05) is 42.5 Å². The van der Waals surface area contributed by atoms with Gasteiger partial charge in [-0.05, 0) is 76.8 Å². The number of allylic oxidation sites excluding steroid dienone is 1. The van der Waals surface area contributed by atoms with Gasteiger partial charge in [-0.15, -0.1) is 0 Å². The lowest BCUT2D eigenvalue weighted by Crippen LogP contribution is -2.39. The maximum atomic E-state index is 13.7. The molecule has 2 heterocycles. The van der Waals surface area contributed by atoms with E-state index in [2.05, 4.69) is 20.9 Å². The highest BCUT2D eigenvalue weighted by Gasteiger charge is 2.33. The van der Waals surface area contributed by atoms with Crippen molar-refractivity contribution in [2.75, 3.05) is 6.61 Å². The summed E-state index contributed by atoms with van der Waals surface area (Å²) in [6.45, 7) is 3.98. The van der Waals surface area contributed by atoms with Crippen LogP contribution in [0.5, 0.6) is 5.75 Å². The number of carbonyl (C=O) groups excluding carboxylic acids is 1. The molecule has 0 amide bonds. The van der Waals surface area contributed by atoms with Gasteiger partial charge in [-0.2, -0.15) is 0 Å². The zero-order valence-corrected chi connectivity index (χ0v) is 24.6. The van der Waals surface area contributed by atoms with Gasteiger partial charge < -0.3 is 14.6 Å². The third kappa shape index (κ3) is 5.94. The van der Waals surface area contributed by atoms with E-state index in [9.17, 15) is 14.4 Å². The summed E-state index contributed by atoms with van der Waals surface area (Å²) in [5.74, 6) is -0.868. The number of aromatic nitrogens is 1. The molecule has 0 radical (unpaired) electrons. The number of carboxylic acids is 1. The molecule has 41 heavy (non-hydrogen) atoms. The minimum atomic E-state index is -0.978. The molecule has 0 unspecified atom stereocenters. The van der Waals surface area contributed by atoms with E-state index in [0.717, 1.165) is 16.7 Å². The van der Waals surface area contributed by atoms with E-state index in [4.69, 9.17) is 14.6 Å². The Morgan fingerprint density at radius 3 is 2.49 bits per heavy atom. The largest absolute Gasteiger partial charge is 0.488 e. The molecule has 1 aliphatic rings. The summed E-state index contributed by atoms with van der Waals surface area (Å²) in [6.07, 6.45) is 1.79. The maximum Gasteiger partial charge on any atom is 0.338 e. The Balaban J connectivity index is 1.46. The van der Waals surface area contributed by atoms with Gasteiger partial charge in [0.2, 0.25) is 0 Å². The fourth-order valence-electron chi connectivity index (χ4n) is 4.52. The van der Waals surface area contributed by atoms with Crippen LogP contribution in [0.25, 0.3) is 6.08 Å². The third-order valence-electron chi connectivity index (χ3n) is 6.48. The molecule has 0 aliphatic carbocycles. The molecule has 1 aliphatic heterocycles. The molecule has 3 aromatic carbocycles. The molecule has 5 rings (SSSR count). The van der Waals surface area contributed by atoms with Gasteiger partial charge in [-0.3, -0.25) is 9.36 Å². The Morgan fingerprint density at radius 2 is 1.83 bits per heavy atom. The first-order chi connectivity index (χ1) is 19.8. The van der Waals surface area contributed by atoms with Gasteiger partial charge >= 0.3 is 11.9 Å². The van der Waals surface area contributed by atoms with Gasteiger partial charge in [-0.25, -0.2) is 14.6 Å². The van der Waals surface area contributed by atoms with Crippen LogP contribution in [0.2, 0.25) is 0 Å². The van der Waals surface area contributed by atoms with Gasteiger partial charge in [0.05, 0.1) is 38.5 Å². The Kier molecular flexibility index (Phi) is 8.32. The number of halogens is 1. The van der Waals surface area contributed by atoms with Gasteiger partial charge in [0.1, 0.15) is 12.4 Å². The standard InChI is InChI=1S/C31H25BrN2O6S/c1-3-39-30(38)26-18(2)33-31-34(27(26)21-7-5-4-6-8-21)28(35)25(41-31)16-20-11-14-24(23(32)15-20)40-17-19-9-12-22(13-10-19)29(36)37/h4-16,27H,3,17H2,1-2H3,(H,36,37)/b25-16+/t27-/m0/s1. The van der Waals surface area contributed by atoms with Crippen LogP contribution in [0.3, 0.4) is 0 Å². The molecule has 0 spiro atoms. The van der Waals surface area contributed by atoms with Crippen molar-refractivity contribution in [1.82, 2.24) is 4.57 Å². The molecule has 0 saturated heterocycles. The van der Waals surface area contributed by atoms with E-state index in [1.165, 1.54) is 23.5 Å². The fourth-order valence-corrected chi connectivity index (χ4v) is 6.08. The first-order valence-electron chi connectivity index (χ1n) is 12.8. The Labute approximate surface area is 247 Å². The number of fused-ring (bicyclic) bond motifs is 1. The van der Waals surface area contributed by atoms with Crippen molar-refractivity contribution in [3.63, 3.8) is 0 Å². The van der Waals surface area contributed by atoms with Crippen LogP contribution in [0.4, 0.5) is 0 Å². The van der Waals surface area contributed by atoms with Crippen molar-refractivity contribution in [2.45, 2.75) is 26.5 Å². The minimum absolute atomic E-state index is 0.215. The molecular formula is C31H25BrN2O6S. The van der Waals surface area contributed by atoms with E-state index < -0.39 is 18.0 Å². The van der Waals surface area contributed by atoms with E-state index >= 15 is 0 Å². The van der Waals surface area contributed by atoms with Crippen LogP contribution in [0, 0.1) is 0 Å². The number of nitrogens with zero attached hydrogens (tertiary/aromatic N) is 2. The topological polar surface area (TPSA) is 107 Å². The number of rotatable bonds is 8. The number of hydrogen-bond donors (Lipinski definition) is 1. The predicted molar refractivity (Wildman–Crippen MR) is 159 cm³/mol. The minimum Gasteiger partial charge on any atom is -0.488 e. The highest BCUT2D eigenvalue weighted by molar-refractivity contribution is 9.10. The third-order valence-corrected chi connectivity index (χ3v) is 8.08. The maximum absolute atomic E-state index is 13.7. The molecule has 0 saturated carbocycles. The highest BCUT2D eigenvalue weighted by Crippen LogP contribution is 2.31. The molecule has 208 valence electrons. The molecule has 1 N–H and O–H groups in total. The molecule has 1 aromatic heterocycles. The smallest absolute Gasteiger partial charge is 0.338 e. The normalized spacial score (nSPS) is 14.8. The summed E-state index contributed by atoms with van der Waals surface area (Å²) in [7, 11) is 0. The molecule has 10 heteroatoms. The zero-order valence-electron chi connectivity index (χ0n) is 22.2.